The molecule has 0 aromatic heterocycles. The average molecular weight is 568 g/mol. The number of nitrogens with zero attached hydrogens (tertiary/aromatic N) is 1. The van der Waals surface area contributed by atoms with Gasteiger partial charge in [0.15, 0.2) is 18.1 Å². The Morgan fingerprint density at radius 3 is 2.46 bits per heavy atom. The van der Waals surface area contributed by atoms with Crippen molar-refractivity contribution >= 4 is 64.4 Å². The molecule has 9 nitrogen and oxygen atoms in total. The van der Waals surface area contributed by atoms with Gasteiger partial charge in [-0.05, 0) is 79.1 Å². The van der Waals surface area contributed by atoms with Crippen molar-refractivity contribution in [1.82, 2.24) is 5.32 Å². The molecule has 0 bridgehead atoms. The zero-order valence-electron chi connectivity index (χ0n) is 21.1. The zero-order chi connectivity index (χ0) is 28.3. The fraction of sp³-hybridized carbons (Fsp3) is 0.143. The quantitative estimate of drug-likeness (QED) is 0.295. The van der Waals surface area contributed by atoms with Crippen molar-refractivity contribution in [3.63, 3.8) is 0 Å². The summed E-state index contributed by atoms with van der Waals surface area (Å²) in [5, 5.41) is 5.45. The number of hydrogen-bond acceptors (Lipinski definition) is 6. The lowest BCUT2D eigenvalue weighted by atomic mass is 10.1. The molecule has 0 atom stereocenters. The van der Waals surface area contributed by atoms with Gasteiger partial charge in [-0.3, -0.25) is 19.7 Å². The Bertz CT molecular complexity index is 1520. The van der Waals surface area contributed by atoms with E-state index in [0.29, 0.717) is 16.3 Å². The van der Waals surface area contributed by atoms with E-state index in [-0.39, 0.29) is 34.4 Å². The van der Waals surface area contributed by atoms with Crippen molar-refractivity contribution < 1.29 is 28.7 Å². The zero-order valence-corrected chi connectivity index (χ0v) is 22.6. The summed E-state index contributed by atoms with van der Waals surface area (Å²) < 4.78 is 11.0. The van der Waals surface area contributed by atoms with Crippen LogP contribution in [-0.4, -0.2) is 37.5 Å². The van der Waals surface area contributed by atoms with Crippen molar-refractivity contribution in [2.24, 2.45) is 0 Å². The first kappa shape index (κ1) is 27.7. The van der Waals surface area contributed by atoms with Gasteiger partial charge >= 0.3 is 6.03 Å². The van der Waals surface area contributed by atoms with E-state index in [1.54, 1.807) is 6.07 Å². The molecule has 0 radical (unpaired) electrons. The first-order valence-corrected chi connectivity index (χ1v) is 12.4. The third-order valence-electron chi connectivity index (χ3n) is 5.98. The number of imide groups is 2. The van der Waals surface area contributed by atoms with Crippen LogP contribution in [0.4, 0.5) is 16.2 Å². The van der Waals surface area contributed by atoms with Crippen molar-refractivity contribution in [3.8, 4) is 11.5 Å². The molecule has 4 rings (SSSR count). The van der Waals surface area contributed by atoms with Crippen molar-refractivity contribution in [2.75, 3.05) is 23.9 Å². The lowest BCUT2D eigenvalue weighted by Gasteiger charge is -2.26. The van der Waals surface area contributed by atoms with Crippen LogP contribution in [0, 0.1) is 13.8 Å². The second-order valence-electron chi connectivity index (χ2n) is 8.55. The van der Waals surface area contributed by atoms with Gasteiger partial charge in [-0.25, -0.2) is 9.69 Å². The number of amides is 5. The second-order valence-corrected chi connectivity index (χ2v) is 9.40. The van der Waals surface area contributed by atoms with Gasteiger partial charge in [0, 0.05) is 10.7 Å². The Balaban J connectivity index is 1.55. The van der Waals surface area contributed by atoms with Crippen LogP contribution in [0.1, 0.15) is 16.7 Å². The fourth-order valence-electron chi connectivity index (χ4n) is 3.82. The molecule has 2 N–H and O–H groups in total. The highest BCUT2D eigenvalue weighted by atomic mass is 35.5. The Kier molecular flexibility index (Phi) is 8.23. The number of carbonyl (C=O) groups is 4. The molecule has 0 spiro atoms. The highest BCUT2D eigenvalue weighted by molar-refractivity contribution is 6.39. The van der Waals surface area contributed by atoms with Crippen LogP contribution in [-0.2, 0) is 14.4 Å². The molecule has 1 aliphatic rings. The maximum absolute atomic E-state index is 13.1. The molecule has 1 heterocycles. The summed E-state index contributed by atoms with van der Waals surface area (Å²) in [4.78, 5) is 51.4. The van der Waals surface area contributed by atoms with Gasteiger partial charge < -0.3 is 14.8 Å². The summed E-state index contributed by atoms with van der Waals surface area (Å²) in [6.45, 7) is 3.50. The maximum Gasteiger partial charge on any atom is 0.335 e. The van der Waals surface area contributed by atoms with Gasteiger partial charge in [-0.15, -0.1) is 0 Å². The number of methoxy groups -OCH3 is 1. The molecule has 0 unspecified atom stereocenters. The topological polar surface area (TPSA) is 114 Å². The molecule has 3 aromatic rings. The monoisotopic (exact) mass is 567 g/mol. The smallest absolute Gasteiger partial charge is 0.335 e. The van der Waals surface area contributed by atoms with Gasteiger partial charge in [-0.1, -0.05) is 35.3 Å². The van der Waals surface area contributed by atoms with Gasteiger partial charge in [0.1, 0.15) is 5.57 Å². The third-order valence-corrected chi connectivity index (χ3v) is 6.51. The van der Waals surface area contributed by atoms with Crippen molar-refractivity contribution in [3.05, 3.63) is 86.9 Å². The van der Waals surface area contributed by atoms with E-state index in [1.165, 1.54) is 49.6 Å². The van der Waals surface area contributed by atoms with E-state index in [2.05, 4.69) is 10.6 Å². The summed E-state index contributed by atoms with van der Waals surface area (Å²) >= 11 is 12.3. The largest absolute Gasteiger partial charge is 0.493 e. The Hall–Kier alpha value is -4.34. The van der Waals surface area contributed by atoms with Crippen LogP contribution in [0.5, 0.6) is 11.5 Å². The maximum atomic E-state index is 13.1. The highest BCUT2D eigenvalue weighted by Crippen LogP contribution is 2.37. The summed E-state index contributed by atoms with van der Waals surface area (Å²) in [7, 11) is 1.38. The lowest BCUT2D eigenvalue weighted by molar-refractivity contribution is -0.122. The van der Waals surface area contributed by atoms with E-state index in [4.69, 9.17) is 32.7 Å². The summed E-state index contributed by atoms with van der Waals surface area (Å²) in [5.74, 6) is -1.82. The summed E-state index contributed by atoms with van der Waals surface area (Å²) in [6, 6.07) is 13.6. The molecule has 5 amide bonds. The molecule has 0 aliphatic carbocycles. The number of urea groups is 1. The van der Waals surface area contributed by atoms with E-state index in [0.717, 1.165) is 16.0 Å². The van der Waals surface area contributed by atoms with Crippen LogP contribution in [0.3, 0.4) is 0 Å². The minimum atomic E-state index is -0.886. The number of benzene rings is 3. The predicted octanol–water partition coefficient (Wildman–Crippen LogP) is 5.30. The Morgan fingerprint density at radius 2 is 1.77 bits per heavy atom. The third kappa shape index (κ3) is 6.05. The fourth-order valence-corrected chi connectivity index (χ4v) is 4.22. The van der Waals surface area contributed by atoms with Crippen LogP contribution >= 0.6 is 23.2 Å². The van der Waals surface area contributed by atoms with Crippen molar-refractivity contribution in [2.45, 2.75) is 13.8 Å². The number of halogens is 2. The van der Waals surface area contributed by atoms with E-state index in [9.17, 15) is 19.2 Å². The Labute approximate surface area is 234 Å². The van der Waals surface area contributed by atoms with Gasteiger partial charge in [-0.2, -0.15) is 0 Å². The standard InChI is InChI=1S/C28H23Cl2N3O6/c1-15-5-4-6-22(16(15)2)31-24(34)14-39-25-21(30)12-17(13-23(25)38-3)11-20-26(35)32-28(37)33(27(20)36)19-9-7-18(29)8-10-19/h4-13H,14H2,1-3H3,(H,31,34)(H,32,35,37)/b20-11-. The second kappa shape index (κ2) is 11.6. The minimum Gasteiger partial charge on any atom is -0.493 e. The molecule has 11 heteroatoms. The molecule has 1 aliphatic heterocycles. The average Bonchev–Trinajstić information content (AvgIpc) is 2.89. The molecular weight excluding hydrogens is 545 g/mol. The number of nitrogens with one attached hydrogen (secondary N) is 2. The van der Waals surface area contributed by atoms with Crippen LogP contribution in [0.25, 0.3) is 6.08 Å². The normalized spacial score (nSPS) is 14.3. The van der Waals surface area contributed by atoms with Gasteiger partial charge in [0.2, 0.25) is 0 Å². The summed E-state index contributed by atoms with van der Waals surface area (Å²) in [6.07, 6.45) is 1.28. The first-order valence-electron chi connectivity index (χ1n) is 11.6. The number of anilines is 2. The van der Waals surface area contributed by atoms with E-state index in [1.807, 2.05) is 26.0 Å². The SMILES string of the molecule is COc1cc(/C=C2/C(=O)NC(=O)N(c3ccc(Cl)cc3)C2=O)cc(Cl)c1OCC(=O)Nc1cccc(C)c1C. The molecule has 200 valence electrons. The van der Waals surface area contributed by atoms with Crippen LogP contribution in [0.2, 0.25) is 10.0 Å². The molecule has 3 aromatic carbocycles. The van der Waals surface area contributed by atoms with E-state index >= 15 is 0 Å². The molecule has 1 saturated heterocycles. The number of hydrogen-bond donors (Lipinski definition) is 2. The highest BCUT2D eigenvalue weighted by Gasteiger charge is 2.36. The number of rotatable bonds is 7. The van der Waals surface area contributed by atoms with Crippen LogP contribution < -0.4 is 25.0 Å². The Morgan fingerprint density at radius 1 is 1.05 bits per heavy atom. The number of aryl methyl sites for hydroxylation is 1. The molecule has 1 fully saturated rings. The first-order chi connectivity index (χ1) is 18.6. The lowest BCUT2D eigenvalue weighted by Crippen LogP contribution is -2.54. The van der Waals surface area contributed by atoms with Crippen molar-refractivity contribution in [1.29, 1.82) is 0 Å². The molecule has 0 saturated carbocycles. The van der Waals surface area contributed by atoms with Crippen LogP contribution in [0.15, 0.2) is 60.2 Å². The van der Waals surface area contributed by atoms with E-state index < -0.39 is 23.8 Å². The number of ether oxygens (including phenoxy) is 2. The molecular formula is C28H23Cl2N3O6. The van der Waals surface area contributed by atoms with Gasteiger partial charge in [0.25, 0.3) is 17.7 Å². The molecule has 39 heavy (non-hydrogen) atoms. The summed E-state index contributed by atoms with van der Waals surface area (Å²) in [5.41, 5.74) is 2.91. The predicted molar refractivity (Wildman–Crippen MR) is 148 cm³/mol. The number of carbonyl (C=O) groups excluding carboxylic acids is 4. The number of barbiturate groups is 1. The minimum absolute atomic E-state index is 0.0787. The van der Waals surface area contributed by atoms with Gasteiger partial charge in [0.05, 0.1) is 17.8 Å².